The van der Waals surface area contributed by atoms with E-state index in [1.165, 1.54) is 23.5 Å². The van der Waals surface area contributed by atoms with E-state index >= 15 is 0 Å². The molecule has 0 aromatic carbocycles. The summed E-state index contributed by atoms with van der Waals surface area (Å²) in [6, 6.07) is 0. The number of nitrogens with two attached hydrogens (primary N) is 2. The highest BCUT2D eigenvalue weighted by Gasteiger charge is 1.93. The Morgan fingerprint density at radius 3 is 1.46 bits per heavy atom. The van der Waals surface area contributed by atoms with Gasteiger partial charge in [0.15, 0.2) is 10.3 Å². The number of thioether (sulfide) groups is 2. The van der Waals surface area contributed by atoms with Gasteiger partial charge in [0.25, 0.3) is 0 Å². The molecule has 78 valence electrons. The van der Waals surface area contributed by atoms with Crippen molar-refractivity contribution >= 4 is 50.8 Å². The third kappa shape index (κ3) is 14.9. The zero-order valence-corrected chi connectivity index (χ0v) is 10.6. The minimum absolute atomic E-state index is 0. The van der Waals surface area contributed by atoms with Crippen LogP contribution in [0.25, 0.3) is 0 Å². The molecule has 0 atom stereocenters. The van der Waals surface area contributed by atoms with Crippen LogP contribution in [-0.2, 0) is 0 Å². The summed E-state index contributed by atoms with van der Waals surface area (Å²) in [6.45, 7) is 0. The summed E-state index contributed by atoms with van der Waals surface area (Å²) in [6.07, 6.45) is 2.04. The van der Waals surface area contributed by atoms with Crippen molar-refractivity contribution in [3.05, 3.63) is 0 Å². The first-order chi connectivity index (χ1) is 5.63. The molecule has 0 aromatic rings. The lowest BCUT2D eigenvalue weighted by molar-refractivity contribution is 0.910. The molecule has 0 spiro atoms. The average Bonchev–Trinajstić information content (AvgIpc) is 1.95. The lowest BCUT2D eigenvalue weighted by atomic mass is 10.4. The minimum atomic E-state index is 0. The number of halogens is 1. The Kier molecular flexibility index (Phi) is 12.2. The van der Waals surface area contributed by atoms with Crippen LogP contribution in [-0.4, -0.2) is 21.8 Å². The van der Waals surface area contributed by atoms with Gasteiger partial charge in [-0.25, -0.2) is 0 Å². The largest absolute Gasteiger partial charge is 0.379 e. The fourth-order valence-corrected chi connectivity index (χ4v) is 1.71. The third-order valence-electron chi connectivity index (χ3n) is 1.05. The smallest absolute Gasteiger partial charge is 0.151 e. The van der Waals surface area contributed by atoms with Crippen molar-refractivity contribution in [1.82, 2.24) is 0 Å². The highest BCUT2D eigenvalue weighted by molar-refractivity contribution is 8.93. The normalized spacial score (nSPS) is 8.92. The van der Waals surface area contributed by atoms with E-state index in [2.05, 4.69) is 0 Å². The Balaban J connectivity index is 0. The Labute approximate surface area is 97.4 Å². The molecular weight excluding hydrogens is 272 g/mol. The standard InChI is InChI=1S/C6H14N4S2.BrH/c7-5(8)11-3-1-2-4-12-6(9)10;/h1-4H2,(H3,7,8)(H3,9,10);1H. The Bertz CT molecular complexity index is 147. The van der Waals surface area contributed by atoms with E-state index in [-0.39, 0.29) is 27.3 Å². The zero-order chi connectivity index (χ0) is 9.40. The van der Waals surface area contributed by atoms with Crippen LogP contribution in [0, 0.1) is 10.8 Å². The predicted molar refractivity (Wildman–Crippen MR) is 68.3 cm³/mol. The molecule has 0 aromatic heterocycles. The second-order valence-corrected chi connectivity index (χ2v) is 4.41. The maximum absolute atomic E-state index is 6.92. The monoisotopic (exact) mass is 286 g/mol. The van der Waals surface area contributed by atoms with E-state index in [0.29, 0.717) is 0 Å². The van der Waals surface area contributed by atoms with Gasteiger partial charge in [0.1, 0.15) is 0 Å². The van der Waals surface area contributed by atoms with Crippen LogP contribution >= 0.6 is 40.5 Å². The van der Waals surface area contributed by atoms with E-state index in [1.807, 2.05) is 0 Å². The number of rotatable bonds is 5. The molecule has 0 bridgehead atoms. The van der Waals surface area contributed by atoms with Gasteiger partial charge in [0.2, 0.25) is 0 Å². The predicted octanol–water partition coefficient (Wildman–Crippen LogP) is 1.60. The molecule has 0 aliphatic rings. The Morgan fingerprint density at radius 2 is 1.23 bits per heavy atom. The number of hydrogen-bond donors (Lipinski definition) is 4. The van der Waals surface area contributed by atoms with Crippen LogP contribution in [0.1, 0.15) is 12.8 Å². The molecule has 0 aliphatic carbocycles. The molecule has 0 saturated carbocycles. The van der Waals surface area contributed by atoms with Gasteiger partial charge < -0.3 is 11.5 Å². The average molecular weight is 287 g/mol. The number of unbranched alkanes of at least 4 members (excludes halogenated alkanes) is 1. The first kappa shape index (κ1) is 15.6. The van der Waals surface area contributed by atoms with Crippen molar-refractivity contribution in [3.63, 3.8) is 0 Å². The molecule has 0 amide bonds. The summed E-state index contributed by atoms with van der Waals surface area (Å²) >= 11 is 2.71. The van der Waals surface area contributed by atoms with E-state index in [1.54, 1.807) is 0 Å². The second kappa shape index (κ2) is 10.2. The SMILES string of the molecule is Br.N=C(N)SCCCCSC(=N)N. The first-order valence-electron chi connectivity index (χ1n) is 3.56. The lowest BCUT2D eigenvalue weighted by Crippen LogP contribution is -2.06. The maximum Gasteiger partial charge on any atom is 0.151 e. The highest BCUT2D eigenvalue weighted by Crippen LogP contribution is 2.07. The summed E-state index contributed by atoms with van der Waals surface area (Å²) in [5, 5.41) is 14.2. The van der Waals surface area contributed by atoms with Crippen LogP contribution in [0.4, 0.5) is 0 Å². The summed E-state index contributed by atoms with van der Waals surface area (Å²) in [4.78, 5) is 0. The van der Waals surface area contributed by atoms with Gasteiger partial charge in [-0.1, -0.05) is 23.5 Å². The van der Waals surface area contributed by atoms with Gasteiger partial charge in [-0.2, -0.15) is 0 Å². The van der Waals surface area contributed by atoms with Crippen LogP contribution in [0.15, 0.2) is 0 Å². The van der Waals surface area contributed by atoms with E-state index < -0.39 is 0 Å². The van der Waals surface area contributed by atoms with Gasteiger partial charge in [-0.3, -0.25) is 10.8 Å². The molecule has 6 N–H and O–H groups in total. The van der Waals surface area contributed by atoms with Crippen LogP contribution in [0.3, 0.4) is 0 Å². The molecule has 0 saturated heterocycles. The summed E-state index contributed by atoms with van der Waals surface area (Å²) < 4.78 is 0. The quantitative estimate of drug-likeness (QED) is 0.350. The molecule has 0 rings (SSSR count). The van der Waals surface area contributed by atoms with E-state index in [0.717, 1.165) is 24.3 Å². The van der Waals surface area contributed by atoms with Crippen molar-refractivity contribution in [2.24, 2.45) is 11.5 Å². The van der Waals surface area contributed by atoms with Crippen molar-refractivity contribution in [2.75, 3.05) is 11.5 Å². The van der Waals surface area contributed by atoms with Gasteiger partial charge in [0, 0.05) is 11.5 Å². The number of hydrogen-bond acceptors (Lipinski definition) is 4. The Hall–Kier alpha value is 0.120. The topological polar surface area (TPSA) is 99.7 Å². The second-order valence-electron chi connectivity index (χ2n) is 2.13. The lowest BCUT2D eigenvalue weighted by Gasteiger charge is -1.99. The molecule has 0 aliphatic heterocycles. The summed E-state index contributed by atoms with van der Waals surface area (Å²) in [7, 11) is 0. The third-order valence-corrected chi connectivity index (χ3v) is 2.66. The first-order valence-corrected chi connectivity index (χ1v) is 5.53. The molecular formula is C6H15BrN4S2. The zero-order valence-electron chi connectivity index (χ0n) is 7.21. The van der Waals surface area contributed by atoms with E-state index in [9.17, 15) is 0 Å². The number of amidine groups is 2. The van der Waals surface area contributed by atoms with Crippen molar-refractivity contribution in [2.45, 2.75) is 12.8 Å². The molecule has 0 unspecified atom stereocenters. The fourth-order valence-electron chi connectivity index (χ4n) is 0.568. The van der Waals surface area contributed by atoms with Crippen LogP contribution in [0.5, 0.6) is 0 Å². The van der Waals surface area contributed by atoms with Crippen molar-refractivity contribution in [3.8, 4) is 0 Å². The van der Waals surface area contributed by atoms with Crippen LogP contribution in [0.2, 0.25) is 0 Å². The fraction of sp³-hybridized carbons (Fsp3) is 0.667. The maximum atomic E-state index is 6.92. The number of nitrogens with one attached hydrogen (secondary N) is 2. The van der Waals surface area contributed by atoms with Gasteiger partial charge >= 0.3 is 0 Å². The molecule has 0 radical (unpaired) electrons. The molecule has 13 heavy (non-hydrogen) atoms. The molecule has 0 heterocycles. The molecule has 4 nitrogen and oxygen atoms in total. The summed E-state index contributed by atoms with van der Waals surface area (Å²) in [5.41, 5.74) is 10.3. The van der Waals surface area contributed by atoms with Crippen molar-refractivity contribution < 1.29 is 0 Å². The minimum Gasteiger partial charge on any atom is -0.379 e. The molecule has 7 heteroatoms. The van der Waals surface area contributed by atoms with Crippen molar-refractivity contribution in [1.29, 1.82) is 10.8 Å². The Morgan fingerprint density at radius 1 is 0.923 bits per heavy atom. The molecule has 0 fully saturated rings. The highest BCUT2D eigenvalue weighted by atomic mass is 79.9. The summed E-state index contributed by atoms with van der Waals surface area (Å²) in [5.74, 6) is 1.77. The van der Waals surface area contributed by atoms with Gasteiger partial charge in [0.05, 0.1) is 0 Å². The van der Waals surface area contributed by atoms with E-state index in [4.69, 9.17) is 22.3 Å². The van der Waals surface area contributed by atoms with Crippen LogP contribution < -0.4 is 11.5 Å². The van der Waals surface area contributed by atoms with Gasteiger partial charge in [-0.15, -0.1) is 17.0 Å². The van der Waals surface area contributed by atoms with Gasteiger partial charge in [-0.05, 0) is 12.8 Å².